The van der Waals surface area contributed by atoms with Gasteiger partial charge in [-0.25, -0.2) is 0 Å². The standard InChI is InChI=1S/C18H30N2O/c1-12(2)9-16-19-18(7-3-4-8-18)17(21)20(16)15-11-13-5-6-14(15)10-13/h12-16,19H,3-11H2,1-2H3. The fourth-order valence-corrected chi connectivity index (χ4v) is 5.73. The molecule has 3 aliphatic carbocycles. The first-order valence-electron chi connectivity index (χ1n) is 9.19. The van der Waals surface area contributed by atoms with Crippen molar-refractivity contribution < 1.29 is 4.79 Å². The Morgan fingerprint density at radius 1 is 1.24 bits per heavy atom. The highest BCUT2D eigenvalue weighted by Gasteiger charge is 2.56. The Labute approximate surface area is 128 Å². The molecule has 0 aromatic heterocycles. The molecule has 1 N–H and O–H groups in total. The minimum atomic E-state index is -0.179. The van der Waals surface area contributed by atoms with Crippen LogP contribution in [0.1, 0.15) is 71.6 Å². The van der Waals surface area contributed by atoms with Crippen LogP contribution in [0.3, 0.4) is 0 Å². The molecular weight excluding hydrogens is 260 g/mol. The van der Waals surface area contributed by atoms with Crippen LogP contribution in [0.15, 0.2) is 0 Å². The summed E-state index contributed by atoms with van der Waals surface area (Å²) in [5, 5.41) is 3.81. The van der Waals surface area contributed by atoms with Gasteiger partial charge in [0.2, 0.25) is 5.91 Å². The van der Waals surface area contributed by atoms with Crippen molar-refractivity contribution >= 4 is 5.91 Å². The summed E-state index contributed by atoms with van der Waals surface area (Å²) < 4.78 is 0. The van der Waals surface area contributed by atoms with E-state index in [0.29, 0.717) is 24.0 Å². The minimum Gasteiger partial charge on any atom is -0.322 e. The molecule has 0 aromatic rings. The Bertz CT molecular complexity index is 427. The van der Waals surface area contributed by atoms with Crippen LogP contribution in [-0.2, 0) is 4.79 Å². The van der Waals surface area contributed by atoms with Gasteiger partial charge in [0.1, 0.15) is 0 Å². The number of rotatable bonds is 3. The lowest BCUT2D eigenvalue weighted by Gasteiger charge is -2.36. The van der Waals surface area contributed by atoms with Crippen LogP contribution >= 0.6 is 0 Å². The zero-order valence-electron chi connectivity index (χ0n) is 13.6. The highest BCUT2D eigenvalue weighted by molar-refractivity contribution is 5.89. The van der Waals surface area contributed by atoms with E-state index < -0.39 is 0 Å². The van der Waals surface area contributed by atoms with Gasteiger partial charge in [-0.05, 0) is 56.3 Å². The molecule has 4 fully saturated rings. The molecule has 118 valence electrons. The van der Waals surface area contributed by atoms with Gasteiger partial charge in [-0.15, -0.1) is 0 Å². The molecule has 0 radical (unpaired) electrons. The van der Waals surface area contributed by atoms with Gasteiger partial charge >= 0.3 is 0 Å². The second-order valence-electron chi connectivity index (χ2n) is 8.53. The highest BCUT2D eigenvalue weighted by atomic mass is 16.2. The van der Waals surface area contributed by atoms with E-state index in [4.69, 9.17) is 0 Å². The summed E-state index contributed by atoms with van der Waals surface area (Å²) in [4.78, 5) is 15.6. The fourth-order valence-electron chi connectivity index (χ4n) is 5.73. The average molecular weight is 290 g/mol. The van der Waals surface area contributed by atoms with Gasteiger partial charge in [-0.3, -0.25) is 10.1 Å². The number of fused-ring (bicyclic) bond motifs is 2. The third-order valence-electron chi connectivity index (χ3n) is 6.63. The number of nitrogens with zero attached hydrogens (tertiary/aromatic N) is 1. The van der Waals surface area contributed by atoms with Crippen molar-refractivity contribution in [2.45, 2.75) is 89.4 Å². The van der Waals surface area contributed by atoms with E-state index in [-0.39, 0.29) is 5.54 Å². The summed E-state index contributed by atoms with van der Waals surface area (Å²) in [7, 11) is 0. The average Bonchev–Trinajstić information content (AvgIpc) is 3.16. The van der Waals surface area contributed by atoms with Gasteiger partial charge in [-0.2, -0.15) is 0 Å². The molecule has 3 saturated carbocycles. The van der Waals surface area contributed by atoms with Crippen molar-refractivity contribution in [1.29, 1.82) is 0 Å². The number of nitrogens with one attached hydrogen (secondary N) is 1. The Kier molecular flexibility index (Phi) is 3.33. The SMILES string of the molecule is CC(C)CC1NC2(CCCC2)C(=O)N1C1CC2CCC1C2. The van der Waals surface area contributed by atoms with E-state index in [1.54, 1.807) is 0 Å². The van der Waals surface area contributed by atoms with Gasteiger partial charge in [0, 0.05) is 6.04 Å². The monoisotopic (exact) mass is 290 g/mol. The Morgan fingerprint density at radius 2 is 2.00 bits per heavy atom. The van der Waals surface area contributed by atoms with Crippen LogP contribution in [0, 0.1) is 17.8 Å². The van der Waals surface area contributed by atoms with Crippen molar-refractivity contribution in [3.8, 4) is 0 Å². The normalized spacial score (nSPS) is 41.1. The minimum absolute atomic E-state index is 0.179. The lowest BCUT2D eigenvalue weighted by Crippen LogP contribution is -2.48. The van der Waals surface area contributed by atoms with E-state index in [1.807, 2.05) is 0 Å². The van der Waals surface area contributed by atoms with Crippen molar-refractivity contribution in [2.75, 3.05) is 0 Å². The van der Waals surface area contributed by atoms with E-state index in [0.717, 1.165) is 31.1 Å². The van der Waals surface area contributed by atoms with Crippen LogP contribution in [0.4, 0.5) is 0 Å². The molecule has 3 heteroatoms. The molecule has 4 aliphatic rings. The maximum atomic E-state index is 13.2. The first-order chi connectivity index (χ1) is 10.1. The molecule has 1 saturated heterocycles. The van der Waals surface area contributed by atoms with E-state index in [9.17, 15) is 4.79 Å². The highest BCUT2D eigenvalue weighted by Crippen LogP contribution is 2.49. The molecule has 21 heavy (non-hydrogen) atoms. The molecule has 1 amide bonds. The van der Waals surface area contributed by atoms with Crippen LogP contribution < -0.4 is 5.32 Å². The van der Waals surface area contributed by atoms with Gasteiger partial charge < -0.3 is 4.90 Å². The zero-order valence-corrected chi connectivity index (χ0v) is 13.6. The van der Waals surface area contributed by atoms with Crippen molar-refractivity contribution in [3.63, 3.8) is 0 Å². The summed E-state index contributed by atoms with van der Waals surface area (Å²) in [5.74, 6) is 2.82. The van der Waals surface area contributed by atoms with E-state index >= 15 is 0 Å². The topological polar surface area (TPSA) is 32.3 Å². The van der Waals surface area contributed by atoms with Crippen molar-refractivity contribution in [2.24, 2.45) is 17.8 Å². The van der Waals surface area contributed by atoms with Crippen LogP contribution in [0.2, 0.25) is 0 Å². The molecule has 3 nitrogen and oxygen atoms in total. The number of hydrogen-bond acceptors (Lipinski definition) is 2. The zero-order chi connectivity index (χ0) is 14.6. The summed E-state index contributed by atoms with van der Waals surface area (Å²) in [6.07, 6.45) is 11.4. The lowest BCUT2D eigenvalue weighted by molar-refractivity contribution is -0.136. The number of carbonyl (C=O) groups is 1. The third-order valence-corrected chi connectivity index (χ3v) is 6.63. The molecule has 1 spiro atoms. The maximum Gasteiger partial charge on any atom is 0.244 e. The molecule has 4 atom stereocenters. The molecular formula is C18H30N2O. The molecule has 4 rings (SSSR count). The first-order valence-corrected chi connectivity index (χ1v) is 9.19. The summed E-state index contributed by atoms with van der Waals surface area (Å²) in [5.41, 5.74) is -0.179. The van der Waals surface area contributed by atoms with Gasteiger partial charge in [0.05, 0.1) is 11.7 Å². The fraction of sp³-hybridized carbons (Fsp3) is 0.944. The Morgan fingerprint density at radius 3 is 2.57 bits per heavy atom. The molecule has 0 aromatic carbocycles. The molecule has 1 heterocycles. The summed E-state index contributed by atoms with van der Waals surface area (Å²) >= 11 is 0. The summed E-state index contributed by atoms with van der Waals surface area (Å²) in [6.45, 7) is 4.57. The van der Waals surface area contributed by atoms with Crippen LogP contribution in [-0.4, -0.2) is 28.6 Å². The van der Waals surface area contributed by atoms with Crippen molar-refractivity contribution in [3.05, 3.63) is 0 Å². The first kappa shape index (κ1) is 14.0. The molecule has 4 unspecified atom stereocenters. The second kappa shape index (κ2) is 4.97. The largest absolute Gasteiger partial charge is 0.322 e. The number of carbonyl (C=O) groups excluding carboxylic acids is 1. The second-order valence-corrected chi connectivity index (χ2v) is 8.53. The van der Waals surface area contributed by atoms with Crippen molar-refractivity contribution in [1.82, 2.24) is 10.2 Å². The van der Waals surface area contributed by atoms with Crippen LogP contribution in [0.5, 0.6) is 0 Å². The quantitative estimate of drug-likeness (QED) is 0.865. The third kappa shape index (κ3) is 2.15. The maximum absolute atomic E-state index is 13.2. The van der Waals surface area contributed by atoms with Gasteiger partial charge in [-0.1, -0.05) is 33.1 Å². The van der Waals surface area contributed by atoms with E-state index in [1.165, 1.54) is 38.5 Å². The number of hydrogen-bond donors (Lipinski definition) is 1. The van der Waals surface area contributed by atoms with E-state index in [2.05, 4.69) is 24.1 Å². The Hall–Kier alpha value is -0.570. The predicted molar refractivity (Wildman–Crippen MR) is 83.7 cm³/mol. The molecule has 2 bridgehead atoms. The van der Waals surface area contributed by atoms with Gasteiger partial charge in [0.15, 0.2) is 0 Å². The van der Waals surface area contributed by atoms with Gasteiger partial charge in [0.25, 0.3) is 0 Å². The summed E-state index contributed by atoms with van der Waals surface area (Å²) in [6, 6.07) is 0.549. The molecule has 1 aliphatic heterocycles. The smallest absolute Gasteiger partial charge is 0.244 e. The van der Waals surface area contributed by atoms with Crippen LogP contribution in [0.25, 0.3) is 0 Å². The lowest BCUT2D eigenvalue weighted by atomic mass is 9.92. The Balaban J connectivity index is 1.60. The predicted octanol–water partition coefficient (Wildman–Crippen LogP) is 3.29. The number of amides is 1.